The van der Waals surface area contributed by atoms with E-state index in [1.807, 2.05) is 12.1 Å². The third-order valence-corrected chi connectivity index (χ3v) is 2.46. The summed E-state index contributed by atoms with van der Waals surface area (Å²) in [6, 6.07) is 8.74. The number of benzene rings is 1. The van der Waals surface area contributed by atoms with Crippen LogP contribution < -0.4 is 5.32 Å². The van der Waals surface area contributed by atoms with E-state index < -0.39 is 0 Å². The van der Waals surface area contributed by atoms with Crippen LogP contribution in [0, 0.1) is 0 Å². The second kappa shape index (κ2) is 4.85. The number of rotatable bonds is 2. The molecule has 0 fully saturated rings. The van der Waals surface area contributed by atoms with Crippen molar-refractivity contribution in [1.82, 2.24) is 9.97 Å². The number of hydrogen-bond donors (Lipinski definition) is 1. The summed E-state index contributed by atoms with van der Waals surface area (Å²) < 4.78 is 0.936. The topological polar surface area (TPSA) is 54.9 Å². The molecule has 0 aliphatic carbocycles. The number of nitrogens with zero attached hydrogens (tertiary/aromatic N) is 2. The van der Waals surface area contributed by atoms with Crippen LogP contribution in [-0.4, -0.2) is 15.9 Å². The molecule has 1 aromatic heterocycles. The first-order valence-corrected chi connectivity index (χ1v) is 5.38. The fourth-order valence-corrected chi connectivity index (χ4v) is 1.42. The van der Waals surface area contributed by atoms with Gasteiger partial charge in [0.2, 0.25) is 0 Å². The summed E-state index contributed by atoms with van der Waals surface area (Å²) in [5, 5.41) is 2.67. The molecule has 0 saturated carbocycles. The highest BCUT2D eigenvalue weighted by Gasteiger charge is 2.05. The van der Waals surface area contributed by atoms with Gasteiger partial charge in [0.15, 0.2) is 0 Å². The molecule has 0 spiro atoms. The lowest BCUT2D eigenvalue weighted by atomic mass is 10.2. The summed E-state index contributed by atoms with van der Waals surface area (Å²) >= 11 is 3.31. The average Bonchev–Trinajstić information content (AvgIpc) is 2.31. The first kappa shape index (κ1) is 10.8. The molecule has 2 rings (SSSR count). The first-order chi connectivity index (χ1) is 7.75. The SMILES string of the molecule is O=C(Nc1ccncn1)c1ccc(Br)cc1. The van der Waals surface area contributed by atoms with E-state index in [0.717, 1.165) is 4.47 Å². The maximum absolute atomic E-state index is 11.7. The van der Waals surface area contributed by atoms with E-state index in [1.165, 1.54) is 6.33 Å². The fourth-order valence-electron chi connectivity index (χ4n) is 1.15. The lowest BCUT2D eigenvalue weighted by Gasteiger charge is -2.03. The largest absolute Gasteiger partial charge is 0.306 e. The number of carbonyl (C=O) groups is 1. The molecule has 16 heavy (non-hydrogen) atoms. The maximum atomic E-state index is 11.7. The average molecular weight is 278 g/mol. The van der Waals surface area contributed by atoms with Gasteiger partial charge in [0, 0.05) is 16.2 Å². The number of aromatic nitrogens is 2. The van der Waals surface area contributed by atoms with Gasteiger partial charge in [-0.25, -0.2) is 9.97 Å². The van der Waals surface area contributed by atoms with Crippen molar-refractivity contribution >= 4 is 27.7 Å². The first-order valence-electron chi connectivity index (χ1n) is 4.58. The van der Waals surface area contributed by atoms with Gasteiger partial charge >= 0.3 is 0 Å². The molecule has 0 radical (unpaired) electrons. The number of hydrogen-bond acceptors (Lipinski definition) is 3. The minimum atomic E-state index is -0.189. The van der Waals surface area contributed by atoms with E-state index in [1.54, 1.807) is 24.4 Å². The summed E-state index contributed by atoms with van der Waals surface area (Å²) in [6.07, 6.45) is 2.96. The normalized spacial score (nSPS) is 9.81. The van der Waals surface area contributed by atoms with Crippen LogP contribution >= 0.6 is 15.9 Å². The highest BCUT2D eigenvalue weighted by atomic mass is 79.9. The Morgan fingerprint density at radius 2 is 1.94 bits per heavy atom. The van der Waals surface area contributed by atoms with Crippen LogP contribution in [0.3, 0.4) is 0 Å². The van der Waals surface area contributed by atoms with E-state index in [-0.39, 0.29) is 5.91 Å². The summed E-state index contributed by atoms with van der Waals surface area (Å²) in [7, 11) is 0. The third-order valence-electron chi connectivity index (χ3n) is 1.93. The Balaban J connectivity index is 2.12. The molecule has 1 aromatic carbocycles. The number of halogens is 1. The molecule has 0 saturated heterocycles. The van der Waals surface area contributed by atoms with Gasteiger partial charge in [-0.3, -0.25) is 4.79 Å². The van der Waals surface area contributed by atoms with Gasteiger partial charge in [-0.15, -0.1) is 0 Å². The van der Waals surface area contributed by atoms with Gasteiger partial charge in [-0.1, -0.05) is 15.9 Å². The van der Waals surface area contributed by atoms with Gasteiger partial charge in [-0.05, 0) is 30.3 Å². The fraction of sp³-hybridized carbons (Fsp3) is 0. The molecule has 0 bridgehead atoms. The Bertz CT molecular complexity index is 484. The van der Waals surface area contributed by atoms with Gasteiger partial charge < -0.3 is 5.32 Å². The number of nitrogens with one attached hydrogen (secondary N) is 1. The predicted molar refractivity (Wildman–Crippen MR) is 64.1 cm³/mol. The van der Waals surface area contributed by atoms with Crippen molar-refractivity contribution in [3.63, 3.8) is 0 Å². The van der Waals surface area contributed by atoms with Gasteiger partial charge in [0.1, 0.15) is 12.1 Å². The molecule has 2 aromatic rings. The molecular weight excluding hydrogens is 270 g/mol. The van der Waals surface area contributed by atoms with Crippen LogP contribution in [0.5, 0.6) is 0 Å². The Hall–Kier alpha value is -1.75. The number of anilines is 1. The van der Waals surface area contributed by atoms with E-state index in [2.05, 4.69) is 31.2 Å². The van der Waals surface area contributed by atoms with E-state index >= 15 is 0 Å². The minimum absolute atomic E-state index is 0.189. The van der Waals surface area contributed by atoms with E-state index in [4.69, 9.17) is 0 Å². The Labute approximate surface area is 101 Å². The molecule has 4 nitrogen and oxygen atoms in total. The summed E-state index contributed by atoms with van der Waals surface area (Å²) in [5.41, 5.74) is 0.585. The van der Waals surface area contributed by atoms with Crippen molar-refractivity contribution in [1.29, 1.82) is 0 Å². The van der Waals surface area contributed by atoms with Crippen molar-refractivity contribution < 1.29 is 4.79 Å². The third kappa shape index (κ3) is 2.64. The Morgan fingerprint density at radius 1 is 1.19 bits per heavy atom. The van der Waals surface area contributed by atoms with Crippen molar-refractivity contribution in [2.45, 2.75) is 0 Å². The molecule has 5 heteroatoms. The summed E-state index contributed by atoms with van der Waals surface area (Å²) in [5.74, 6) is 0.300. The van der Waals surface area contributed by atoms with E-state index in [0.29, 0.717) is 11.4 Å². The van der Waals surface area contributed by atoms with Crippen LogP contribution in [0.2, 0.25) is 0 Å². The summed E-state index contributed by atoms with van der Waals surface area (Å²) in [4.78, 5) is 19.4. The monoisotopic (exact) mass is 277 g/mol. The second-order valence-corrected chi connectivity index (χ2v) is 3.97. The quantitative estimate of drug-likeness (QED) is 0.918. The van der Waals surface area contributed by atoms with Crippen LogP contribution in [0.1, 0.15) is 10.4 Å². The van der Waals surface area contributed by atoms with Crippen molar-refractivity contribution in [3.8, 4) is 0 Å². The van der Waals surface area contributed by atoms with Gasteiger partial charge in [0.25, 0.3) is 5.91 Å². The minimum Gasteiger partial charge on any atom is -0.306 e. The van der Waals surface area contributed by atoms with Crippen LogP contribution in [0.15, 0.2) is 47.3 Å². The van der Waals surface area contributed by atoms with Crippen molar-refractivity contribution in [3.05, 3.63) is 52.9 Å². The summed E-state index contributed by atoms with van der Waals surface area (Å²) in [6.45, 7) is 0. The molecule has 0 unspecified atom stereocenters. The highest BCUT2D eigenvalue weighted by molar-refractivity contribution is 9.10. The number of amides is 1. The molecule has 0 aliphatic heterocycles. The Morgan fingerprint density at radius 3 is 2.56 bits per heavy atom. The molecular formula is C11H8BrN3O. The zero-order valence-corrected chi connectivity index (χ0v) is 9.81. The lowest BCUT2D eigenvalue weighted by Crippen LogP contribution is -2.12. The van der Waals surface area contributed by atoms with Crippen molar-refractivity contribution in [2.24, 2.45) is 0 Å². The molecule has 80 valence electrons. The molecule has 1 heterocycles. The lowest BCUT2D eigenvalue weighted by molar-refractivity contribution is 0.102. The zero-order chi connectivity index (χ0) is 11.4. The second-order valence-electron chi connectivity index (χ2n) is 3.06. The van der Waals surface area contributed by atoms with Crippen LogP contribution in [0.4, 0.5) is 5.82 Å². The highest BCUT2D eigenvalue weighted by Crippen LogP contribution is 2.11. The Kier molecular flexibility index (Phi) is 3.26. The molecule has 1 amide bonds. The zero-order valence-electron chi connectivity index (χ0n) is 8.22. The van der Waals surface area contributed by atoms with Gasteiger partial charge in [0.05, 0.1) is 0 Å². The van der Waals surface area contributed by atoms with Crippen LogP contribution in [0.25, 0.3) is 0 Å². The molecule has 0 aliphatic rings. The molecule has 1 N–H and O–H groups in total. The maximum Gasteiger partial charge on any atom is 0.256 e. The van der Waals surface area contributed by atoms with Gasteiger partial charge in [-0.2, -0.15) is 0 Å². The van der Waals surface area contributed by atoms with E-state index in [9.17, 15) is 4.79 Å². The molecule has 0 atom stereocenters. The smallest absolute Gasteiger partial charge is 0.256 e. The van der Waals surface area contributed by atoms with Crippen molar-refractivity contribution in [2.75, 3.05) is 5.32 Å². The standard InChI is InChI=1S/C11H8BrN3O/c12-9-3-1-8(2-4-9)11(16)15-10-5-6-13-7-14-10/h1-7H,(H,13,14,15,16). The predicted octanol–water partition coefficient (Wildman–Crippen LogP) is 2.49. The van der Waals surface area contributed by atoms with Crippen LogP contribution in [-0.2, 0) is 0 Å². The number of carbonyl (C=O) groups excluding carboxylic acids is 1.